The smallest absolute Gasteiger partial charge is 0.262 e. The number of aromatic nitrogens is 1. The third-order valence-electron chi connectivity index (χ3n) is 13.0. The molecule has 0 spiro atoms. The summed E-state index contributed by atoms with van der Waals surface area (Å²) in [6.07, 6.45) is 1.67. The fraction of sp³-hybridized carbons (Fsp3) is 0.477. The quantitative estimate of drug-likeness (QED) is 0.285. The van der Waals surface area contributed by atoms with Crippen LogP contribution in [0.4, 0.5) is 11.5 Å². The summed E-state index contributed by atoms with van der Waals surface area (Å²) in [5.41, 5.74) is 1.61. The number of piperazine rings is 2. The molecule has 3 saturated heterocycles. The maximum atomic E-state index is 13.5. The molecule has 16 heteroatoms. The molecular weight excluding hydrogens is 786 g/mol. The van der Waals surface area contributed by atoms with Gasteiger partial charge in [-0.1, -0.05) is 39.3 Å². The van der Waals surface area contributed by atoms with Crippen LogP contribution >= 0.6 is 11.6 Å². The number of piperidine rings is 1. The van der Waals surface area contributed by atoms with Crippen LogP contribution in [0.25, 0.3) is 0 Å². The van der Waals surface area contributed by atoms with E-state index in [1.807, 2.05) is 18.2 Å². The molecule has 0 bridgehead atoms. The number of carbonyl (C=O) groups excluding carboxylic acids is 5. The zero-order chi connectivity index (χ0) is 42.5. The van der Waals surface area contributed by atoms with E-state index in [1.165, 1.54) is 0 Å². The average Bonchev–Trinajstić information content (AvgIpc) is 3.49. The Morgan fingerprint density at radius 3 is 2.12 bits per heavy atom. The molecule has 4 aliphatic heterocycles. The maximum absolute atomic E-state index is 13.5. The van der Waals surface area contributed by atoms with Crippen LogP contribution in [0.15, 0.2) is 54.7 Å². The van der Waals surface area contributed by atoms with Gasteiger partial charge in [0.05, 0.1) is 27.3 Å². The molecule has 8 rings (SSSR count). The number of imide groups is 2. The molecule has 15 nitrogen and oxygen atoms in total. The highest BCUT2D eigenvalue weighted by Crippen LogP contribution is 2.55. The van der Waals surface area contributed by atoms with Crippen molar-refractivity contribution in [1.29, 1.82) is 5.26 Å². The van der Waals surface area contributed by atoms with E-state index >= 15 is 0 Å². The van der Waals surface area contributed by atoms with Crippen LogP contribution in [-0.4, -0.2) is 133 Å². The Kier molecular flexibility index (Phi) is 11.1. The van der Waals surface area contributed by atoms with Crippen LogP contribution in [0.1, 0.15) is 77.2 Å². The predicted octanol–water partition coefficient (Wildman–Crippen LogP) is 3.56. The molecule has 1 saturated carbocycles. The number of ether oxygens (including phenoxy) is 1. The first-order chi connectivity index (χ1) is 28.6. The van der Waals surface area contributed by atoms with E-state index in [2.05, 4.69) is 69.0 Å². The first-order valence-corrected chi connectivity index (χ1v) is 21.0. The standard InChI is InChI=1S/C44H50ClN9O6/c1-43(2)41(44(3,4)42(43)60-30-8-5-27(25-46)33(45)24-30)49-37(56)28-6-11-35(47-26-28)53-21-17-51(18-22-53)14-13-50-15-19-52(20-16-50)29-7-9-31-32(23-29)40(59)54(39(31)58)34-10-12-36(55)48-38(34)57/h5-9,11,23-24,26,34,41-42H,10,12-22H2,1-4H3,(H,49,56)(H,48,55,57)/t34?,41-,42-. The Hall–Kier alpha value is -5.56. The number of hydrogen-bond acceptors (Lipinski definition) is 12. The molecule has 1 aromatic heterocycles. The summed E-state index contributed by atoms with van der Waals surface area (Å²) in [4.78, 5) is 79.0. The lowest BCUT2D eigenvalue weighted by Gasteiger charge is -2.63. The molecule has 4 fully saturated rings. The molecular formula is C44H50ClN9O6. The molecule has 2 aromatic carbocycles. The second-order valence-corrected chi connectivity index (χ2v) is 17.9. The minimum atomic E-state index is -0.978. The van der Waals surface area contributed by atoms with Crippen molar-refractivity contribution >= 4 is 52.6 Å². The van der Waals surface area contributed by atoms with Gasteiger partial charge in [-0.15, -0.1) is 0 Å². The van der Waals surface area contributed by atoms with E-state index in [4.69, 9.17) is 16.3 Å². The summed E-state index contributed by atoms with van der Waals surface area (Å²) >= 11 is 6.25. The number of anilines is 2. The van der Waals surface area contributed by atoms with E-state index in [0.717, 1.165) is 81.9 Å². The molecule has 5 amide bonds. The molecule has 2 N–H and O–H groups in total. The largest absolute Gasteiger partial charge is 0.489 e. The Morgan fingerprint density at radius 2 is 1.52 bits per heavy atom. The van der Waals surface area contributed by atoms with Crippen molar-refractivity contribution in [3.8, 4) is 11.8 Å². The van der Waals surface area contributed by atoms with Gasteiger partial charge in [0.1, 0.15) is 29.8 Å². The number of rotatable bonds is 10. The van der Waals surface area contributed by atoms with Gasteiger partial charge in [0, 0.05) is 107 Å². The monoisotopic (exact) mass is 835 g/mol. The molecule has 0 radical (unpaired) electrons. The molecule has 314 valence electrons. The summed E-state index contributed by atoms with van der Waals surface area (Å²) in [7, 11) is 0. The second-order valence-electron chi connectivity index (χ2n) is 17.5. The van der Waals surface area contributed by atoms with E-state index in [9.17, 15) is 29.2 Å². The fourth-order valence-corrected chi connectivity index (χ4v) is 10.1. The van der Waals surface area contributed by atoms with Gasteiger partial charge in [0.2, 0.25) is 11.8 Å². The third-order valence-corrected chi connectivity index (χ3v) is 13.3. The number of amides is 5. The van der Waals surface area contributed by atoms with Crippen LogP contribution < -0.4 is 25.2 Å². The summed E-state index contributed by atoms with van der Waals surface area (Å²) < 4.78 is 6.37. The van der Waals surface area contributed by atoms with Crippen molar-refractivity contribution in [2.45, 2.75) is 58.7 Å². The Morgan fingerprint density at radius 1 is 0.867 bits per heavy atom. The number of nitriles is 1. The lowest BCUT2D eigenvalue weighted by molar-refractivity contribution is -0.164. The summed E-state index contributed by atoms with van der Waals surface area (Å²) in [5.74, 6) is -0.737. The van der Waals surface area contributed by atoms with Gasteiger partial charge in [-0.25, -0.2) is 4.98 Å². The molecule has 1 unspecified atom stereocenters. The number of benzene rings is 2. The van der Waals surface area contributed by atoms with Crippen LogP contribution in [-0.2, 0) is 9.59 Å². The molecule has 60 heavy (non-hydrogen) atoms. The lowest BCUT2D eigenvalue weighted by atomic mass is 9.49. The van der Waals surface area contributed by atoms with Crippen molar-refractivity contribution in [3.05, 3.63) is 82.0 Å². The SMILES string of the molecule is CC1(C)[C@H](NC(=O)c2ccc(N3CCN(CCN4CCN(c5ccc6c(c5)C(=O)N(C5CCC(=O)NC5=O)C6=O)CC4)CC3)nc2)C(C)(C)[C@H]1Oc1ccc(C#N)c(Cl)c1. The van der Waals surface area contributed by atoms with Gasteiger partial charge in [0.25, 0.3) is 17.7 Å². The zero-order valence-electron chi connectivity index (χ0n) is 34.4. The first kappa shape index (κ1) is 41.2. The molecule has 5 aliphatic rings. The van der Waals surface area contributed by atoms with Crippen LogP contribution in [0.2, 0.25) is 5.02 Å². The van der Waals surface area contributed by atoms with Crippen molar-refractivity contribution in [2.75, 3.05) is 75.2 Å². The summed E-state index contributed by atoms with van der Waals surface area (Å²) in [6.45, 7) is 17.0. The van der Waals surface area contributed by atoms with Gasteiger partial charge in [-0.2, -0.15) is 5.26 Å². The minimum Gasteiger partial charge on any atom is -0.489 e. The highest BCUT2D eigenvalue weighted by Gasteiger charge is 2.64. The van der Waals surface area contributed by atoms with Gasteiger partial charge >= 0.3 is 0 Å². The maximum Gasteiger partial charge on any atom is 0.262 e. The highest BCUT2D eigenvalue weighted by molar-refractivity contribution is 6.31. The van der Waals surface area contributed by atoms with E-state index in [-0.39, 0.29) is 47.3 Å². The van der Waals surface area contributed by atoms with Crippen LogP contribution in [0.3, 0.4) is 0 Å². The van der Waals surface area contributed by atoms with Gasteiger partial charge in [-0.05, 0) is 48.9 Å². The number of carbonyl (C=O) groups is 5. The van der Waals surface area contributed by atoms with Gasteiger partial charge < -0.3 is 19.9 Å². The molecule has 1 aliphatic carbocycles. The van der Waals surface area contributed by atoms with Crippen molar-refractivity contribution in [1.82, 2.24) is 30.3 Å². The first-order valence-electron chi connectivity index (χ1n) is 20.6. The Balaban J connectivity index is 0.769. The Bertz CT molecular complexity index is 2240. The van der Waals surface area contributed by atoms with Crippen LogP contribution in [0.5, 0.6) is 5.75 Å². The van der Waals surface area contributed by atoms with E-state index < -0.39 is 29.7 Å². The van der Waals surface area contributed by atoms with Crippen molar-refractivity contribution < 1.29 is 28.7 Å². The lowest BCUT2D eigenvalue weighted by Crippen LogP contribution is -2.74. The number of nitrogens with one attached hydrogen (secondary N) is 2. The third kappa shape index (κ3) is 7.68. The van der Waals surface area contributed by atoms with Gasteiger partial charge in [0.15, 0.2) is 0 Å². The number of halogens is 1. The topological polar surface area (TPSA) is 172 Å². The molecule has 5 heterocycles. The second kappa shape index (κ2) is 16.1. The molecule has 3 aromatic rings. The highest BCUT2D eigenvalue weighted by atomic mass is 35.5. The Labute approximate surface area is 354 Å². The summed E-state index contributed by atoms with van der Waals surface area (Å²) in [5, 5.41) is 15.0. The van der Waals surface area contributed by atoms with Crippen LogP contribution in [0, 0.1) is 22.2 Å². The number of fused-ring (bicyclic) bond motifs is 1. The number of nitrogens with zero attached hydrogens (tertiary/aromatic N) is 7. The van der Waals surface area contributed by atoms with Gasteiger partial charge in [-0.3, -0.25) is 44.0 Å². The molecule has 1 atom stereocenters. The predicted molar refractivity (Wildman–Crippen MR) is 224 cm³/mol. The average molecular weight is 836 g/mol. The van der Waals surface area contributed by atoms with Crippen molar-refractivity contribution in [3.63, 3.8) is 0 Å². The normalized spacial score (nSPS) is 24.1. The number of hydrogen-bond donors (Lipinski definition) is 2. The zero-order valence-corrected chi connectivity index (χ0v) is 35.1. The fourth-order valence-electron chi connectivity index (χ4n) is 9.89. The van der Waals surface area contributed by atoms with E-state index in [0.29, 0.717) is 27.5 Å². The summed E-state index contributed by atoms with van der Waals surface area (Å²) in [6, 6.07) is 15.1. The number of pyridine rings is 1. The van der Waals surface area contributed by atoms with E-state index in [1.54, 1.807) is 36.5 Å². The minimum absolute atomic E-state index is 0.0873. The van der Waals surface area contributed by atoms with Crippen molar-refractivity contribution in [2.24, 2.45) is 10.8 Å².